The molecule has 1 aliphatic heterocycles. The van der Waals surface area contributed by atoms with Crippen molar-refractivity contribution in [3.05, 3.63) is 35.4 Å². The molecule has 2 N–H and O–H groups in total. The Bertz CT molecular complexity index is 281. The fourth-order valence-corrected chi connectivity index (χ4v) is 2.41. The molecule has 1 fully saturated rings. The van der Waals surface area contributed by atoms with Gasteiger partial charge in [0.2, 0.25) is 0 Å². The van der Waals surface area contributed by atoms with Gasteiger partial charge in [-0.1, -0.05) is 29.8 Å². The summed E-state index contributed by atoms with van der Waals surface area (Å²) >= 11 is 0. The highest BCUT2D eigenvalue weighted by Crippen LogP contribution is 2.10. The zero-order chi connectivity index (χ0) is 10.5. The molecule has 0 unspecified atom stereocenters. The average Bonchev–Trinajstić information content (AvgIpc) is 2.50. The summed E-state index contributed by atoms with van der Waals surface area (Å²) in [5.74, 6) is 0. The Morgan fingerprint density at radius 3 is 2.73 bits per heavy atom. The second-order valence-corrected chi connectivity index (χ2v) is 4.82. The molecule has 15 heavy (non-hydrogen) atoms. The second kappa shape index (κ2) is 5.32. The first-order valence-corrected chi connectivity index (χ1v) is 6.23. The molecule has 2 rings (SSSR count). The van der Waals surface area contributed by atoms with Crippen LogP contribution in [0.2, 0.25) is 0 Å². The lowest BCUT2D eigenvalue weighted by atomic mass is 10.0. The molecule has 1 nitrogen and oxygen atoms in total. The summed E-state index contributed by atoms with van der Waals surface area (Å²) in [4.78, 5) is 0. The number of rotatable bonds is 2. The molecule has 1 aromatic rings. The molecule has 1 aromatic carbocycles. The summed E-state index contributed by atoms with van der Waals surface area (Å²) < 4.78 is 0. The minimum Gasteiger partial charge on any atom is -0.344 e. The normalized spacial score (nSPS) is 22.3. The van der Waals surface area contributed by atoms with Crippen LogP contribution in [0.1, 0.15) is 36.8 Å². The van der Waals surface area contributed by atoms with Crippen molar-refractivity contribution in [2.45, 2.75) is 45.1 Å². The zero-order valence-corrected chi connectivity index (χ0v) is 9.71. The third kappa shape index (κ3) is 3.35. The first kappa shape index (κ1) is 10.7. The van der Waals surface area contributed by atoms with E-state index in [0.717, 1.165) is 6.04 Å². The summed E-state index contributed by atoms with van der Waals surface area (Å²) in [5, 5.41) is 2.55. The van der Waals surface area contributed by atoms with Crippen LogP contribution in [0.3, 0.4) is 0 Å². The molecular formula is C14H22N+. The summed E-state index contributed by atoms with van der Waals surface area (Å²) in [6.07, 6.45) is 6.91. The minimum atomic E-state index is 0.829. The topological polar surface area (TPSA) is 16.6 Å². The molecule has 1 atom stereocenters. The van der Waals surface area contributed by atoms with E-state index in [1.807, 2.05) is 0 Å². The number of hydrogen-bond donors (Lipinski definition) is 1. The monoisotopic (exact) mass is 204 g/mol. The van der Waals surface area contributed by atoms with E-state index < -0.39 is 0 Å². The maximum Gasteiger partial charge on any atom is 0.0899 e. The van der Waals surface area contributed by atoms with E-state index >= 15 is 0 Å². The maximum absolute atomic E-state index is 2.55. The molecule has 0 aromatic heterocycles. The van der Waals surface area contributed by atoms with Crippen LogP contribution in [0.15, 0.2) is 24.3 Å². The van der Waals surface area contributed by atoms with E-state index in [-0.39, 0.29) is 0 Å². The van der Waals surface area contributed by atoms with Crippen molar-refractivity contribution in [1.29, 1.82) is 0 Å². The number of nitrogens with two attached hydrogens (primary N) is 1. The zero-order valence-electron chi connectivity index (χ0n) is 9.71. The van der Waals surface area contributed by atoms with E-state index in [1.54, 1.807) is 0 Å². The van der Waals surface area contributed by atoms with E-state index in [4.69, 9.17) is 0 Å². The standard InChI is InChI=1S/C14H21N/c1-12-6-8-13(9-7-12)11-14-5-3-2-4-10-15-14/h6-9,14-15H,2-5,10-11H2,1H3/p+1/t14-/m0/s1. The van der Waals surface area contributed by atoms with Gasteiger partial charge in [0.25, 0.3) is 0 Å². The quantitative estimate of drug-likeness (QED) is 0.759. The van der Waals surface area contributed by atoms with Crippen molar-refractivity contribution in [2.24, 2.45) is 0 Å². The van der Waals surface area contributed by atoms with E-state index in [2.05, 4.69) is 36.5 Å². The Morgan fingerprint density at radius 2 is 1.93 bits per heavy atom. The number of hydrogen-bond acceptors (Lipinski definition) is 0. The number of quaternary nitrogens is 1. The van der Waals surface area contributed by atoms with Gasteiger partial charge in [-0.2, -0.15) is 0 Å². The van der Waals surface area contributed by atoms with Gasteiger partial charge in [-0.15, -0.1) is 0 Å². The smallest absolute Gasteiger partial charge is 0.0899 e. The first-order chi connectivity index (χ1) is 7.34. The van der Waals surface area contributed by atoms with Crippen molar-refractivity contribution < 1.29 is 5.32 Å². The van der Waals surface area contributed by atoms with Crippen LogP contribution in [0.4, 0.5) is 0 Å². The summed E-state index contributed by atoms with van der Waals surface area (Å²) in [7, 11) is 0. The van der Waals surface area contributed by atoms with E-state index in [1.165, 1.54) is 49.8 Å². The molecule has 1 heteroatoms. The molecule has 1 aliphatic rings. The van der Waals surface area contributed by atoms with Crippen LogP contribution in [0, 0.1) is 6.92 Å². The molecule has 0 bridgehead atoms. The predicted molar refractivity (Wildman–Crippen MR) is 63.9 cm³/mol. The molecule has 0 saturated carbocycles. The van der Waals surface area contributed by atoms with Crippen LogP contribution in [0.5, 0.6) is 0 Å². The van der Waals surface area contributed by atoms with Crippen molar-refractivity contribution in [3.63, 3.8) is 0 Å². The summed E-state index contributed by atoms with van der Waals surface area (Å²) in [5.41, 5.74) is 2.87. The summed E-state index contributed by atoms with van der Waals surface area (Å²) in [6.45, 7) is 3.48. The van der Waals surface area contributed by atoms with Crippen LogP contribution >= 0.6 is 0 Å². The molecule has 1 heterocycles. The fourth-order valence-electron chi connectivity index (χ4n) is 2.41. The van der Waals surface area contributed by atoms with Gasteiger partial charge in [-0.3, -0.25) is 0 Å². The third-order valence-electron chi connectivity index (χ3n) is 3.40. The van der Waals surface area contributed by atoms with Gasteiger partial charge >= 0.3 is 0 Å². The van der Waals surface area contributed by atoms with Gasteiger partial charge in [0, 0.05) is 6.42 Å². The van der Waals surface area contributed by atoms with Gasteiger partial charge < -0.3 is 5.32 Å². The van der Waals surface area contributed by atoms with Gasteiger partial charge in [0.05, 0.1) is 12.6 Å². The summed E-state index contributed by atoms with van der Waals surface area (Å²) in [6, 6.07) is 9.86. The van der Waals surface area contributed by atoms with Crippen LogP contribution < -0.4 is 5.32 Å². The molecule has 0 amide bonds. The SMILES string of the molecule is Cc1ccc(C[C@@H]2CCCCC[NH2+]2)cc1. The van der Waals surface area contributed by atoms with Crippen LogP contribution in [-0.4, -0.2) is 12.6 Å². The number of aryl methyl sites for hydroxylation is 1. The van der Waals surface area contributed by atoms with Gasteiger partial charge in [0.15, 0.2) is 0 Å². The fraction of sp³-hybridized carbons (Fsp3) is 0.571. The van der Waals surface area contributed by atoms with Crippen LogP contribution in [0.25, 0.3) is 0 Å². The minimum absolute atomic E-state index is 0.829. The lowest BCUT2D eigenvalue weighted by molar-refractivity contribution is -0.687. The number of benzene rings is 1. The molecule has 0 spiro atoms. The Labute approximate surface area is 92.9 Å². The molecule has 1 saturated heterocycles. The van der Waals surface area contributed by atoms with Crippen LogP contribution in [-0.2, 0) is 6.42 Å². The molecular weight excluding hydrogens is 182 g/mol. The van der Waals surface area contributed by atoms with Crippen molar-refractivity contribution in [3.8, 4) is 0 Å². The van der Waals surface area contributed by atoms with Crippen molar-refractivity contribution in [1.82, 2.24) is 0 Å². The Morgan fingerprint density at radius 1 is 1.13 bits per heavy atom. The second-order valence-electron chi connectivity index (χ2n) is 4.82. The Balaban J connectivity index is 1.92. The van der Waals surface area contributed by atoms with Gasteiger partial charge in [-0.05, 0) is 38.2 Å². The molecule has 0 radical (unpaired) electrons. The highest BCUT2D eigenvalue weighted by molar-refractivity contribution is 5.21. The predicted octanol–water partition coefficient (Wildman–Crippen LogP) is 2.04. The lowest BCUT2D eigenvalue weighted by Crippen LogP contribution is -2.90. The maximum atomic E-state index is 2.55. The lowest BCUT2D eigenvalue weighted by Gasteiger charge is -2.12. The Kier molecular flexibility index (Phi) is 3.79. The highest BCUT2D eigenvalue weighted by Gasteiger charge is 2.14. The van der Waals surface area contributed by atoms with Gasteiger partial charge in [-0.25, -0.2) is 0 Å². The van der Waals surface area contributed by atoms with Crippen molar-refractivity contribution in [2.75, 3.05) is 6.54 Å². The largest absolute Gasteiger partial charge is 0.344 e. The van der Waals surface area contributed by atoms with E-state index in [0.29, 0.717) is 0 Å². The average molecular weight is 204 g/mol. The molecule has 0 aliphatic carbocycles. The van der Waals surface area contributed by atoms with E-state index in [9.17, 15) is 0 Å². The van der Waals surface area contributed by atoms with Crippen molar-refractivity contribution >= 4 is 0 Å². The highest BCUT2D eigenvalue weighted by atomic mass is 14.9. The molecule has 82 valence electrons. The third-order valence-corrected chi connectivity index (χ3v) is 3.40. The van der Waals surface area contributed by atoms with Gasteiger partial charge in [0.1, 0.15) is 0 Å². The first-order valence-electron chi connectivity index (χ1n) is 6.23. The Hall–Kier alpha value is -0.820.